The molecule has 1 atom stereocenters. The number of quaternary nitrogens is 1. The Morgan fingerprint density at radius 2 is 1.81 bits per heavy atom. The first-order valence-electron chi connectivity index (χ1n) is 8.92. The number of rotatable bonds is 6. The summed E-state index contributed by atoms with van der Waals surface area (Å²) in [7, 11) is -3.68. The number of piperazine rings is 1. The van der Waals surface area contributed by atoms with Gasteiger partial charge in [-0.1, -0.05) is 6.92 Å². The van der Waals surface area contributed by atoms with Gasteiger partial charge in [-0.3, -0.25) is 10.1 Å². The molecule has 2 rings (SSSR count). The molecule has 3 N–H and O–H groups in total. The fraction of sp³-hybridized carbons (Fsp3) is 0.529. The van der Waals surface area contributed by atoms with E-state index in [4.69, 9.17) is 0 Å². The van der Waals surface area contributed by atoms with E-state index in [1.54, 1.807) is 0 Å². The molecule has 1 aliphatic rings. The summed E-state index contributed by atoms with van der Waals surface area (Å²) in [6.07, 6.45) is 0.761. The predicted molar refractivity (Wildman–Crippen MR) is 97.1 cm³/mol. The SMILES string of the molecule is CC[C@@H](C)NC(=O)NC(=O)C[NH+]1CCN(S(=O)(=O)c2ccc(F)cc2)CC1. The van der Waals surface area contributed by atoms with Crippen LogP contribution in [0.3, 0.4) is 0 Å². The van der Waals surface area contributed by atoms with Gasteiger partial charge in [0.1, 0.15) is 5.82 Å². The summed E-state index contributed by atoms with van der Waals surface area (Å²) in [6.45, 7) is 5.26. The number of carbonyl (C=O) groups excluding carboxylic acids is 2. The number of urea groups is 1. The van der Waals surface area contributed by atoms with Crippen LogP contribution >= 0.6 is 0 Å². The van der Waals surface area contributed by atoms with Crippen molar-refractivity contribution in [1.82, 2.24) is 14.9 Å². The number of halogens is 1. The Labute approximate surface area is 158 Å². The Hall–Kier alpha value is -2.04. The Kier molecular flexibility index (Phi) is 7.28. The molecule has 1 saturated heterocycles. The number of nitrogens with one attached hydrogen (secondary N) is 3. The minimum atomic E-state index is -3.68. The second kappa shape index (κ2) is 9.25. The van der Waals surface area contributed by atoms with Crippen LogP contribution in [0.25, 0.3) is 0 Å². The molecule has 0 bridgehead atoms. The summed E-state index contributed by atoms with van der Waals surface area (Å²) < 4.78 is 39.5. The largest absolute Gasteiger partial charge is 0.335 e. The number of carbonyl (C=O) groups is 2. The summed E-state index contributed by atoms with van der Waals surface area (Å²) >= 11 is 0. The molecule has 0 aromatic heterocycles. The number of hydrogen-bond donors (Lipinski definition) is 3. The molecular formula is C17H26FN4O4S+. The van der Waals surface area contributed by atoms with Gasteiger partial charge in [-0.15, -0.1) is 0 Å². The zero-order valence-corrected chi connectivity index (χ0v) is 16.3. The van der Waals surface area contributed by atoms with Gasteiger partial charge in [0.05, 0.1) is 31.1 Å². The molecule has 0 unspecified atom stereocenters. The Bertz CT molecular complexity index is 762. The lowest BCUT2D eigenvalue weighted by Gasteiger charge is -2.31. The van der Waals surface area contributed by atoms with Gasteiger partial charge in [0.15, 0.2) is 6.54 Å². The van der Waals surface area contributed by atoms with Crippen LogP contribution in [-0.2, 0) is 14.8 Å². The average molecular weight is 401 g/mol. The van der Waals surface area contributed by atoms with Gasteiger partial charge in [0.25, 0.3) is 5.91 Å². The highest BCUT2D eigenvalue weighted by Crippen LogP contribution is 2.15. The number of amides is 3. The van der Waals surface area contributed by atoms with Crippen molar-refractivity contribution in [3.8, 4) is 0 Å². The van der Waals surface area contributed by atoms with Crippen molar-refractivity contribution < 1.29 is 27.3 Å². The van der Waals surface area contributed by atoms with Crippen molar-refractivity contribution in [2.75, 3.05) is 32.7 Å². The molecule has 0 saturated carbocycles. The van der Waals surface area contributed by atoms with E-state index in [1.165, 1.54) is 16.4 Å². The van der Waals surface area contributed by atoms with Crippen molar-refractivity contribution in [2.24, 2.45) is 0 Å². The van der Waals surface area contributed by atoms with Crippen molar-refractivity contribution >= 4 is 22.0 Å². The first kappa shape index (κ1) is 21.3. The average Bonchev–Trinajstić information content (AvgIpc) is 2.62. The molecule has 10 heteroatoms. The Morgan fingerprint density at radius 3 is 2.37 bits per heavy atom. The molecule has 0 aliphatic carbocycles. The first-order valence-corrected chi connectivity index (χ1v) is 10.4. The zero-order chi connectivity index (χ0) is 20.0. The number of benzene rings is 1. The van der Waals surface area contributed by atoms with E-state index >= 15 is 0 Å². The van der Waals surface area contributed by atoms with Crippen molar-refractivity contribution in [2.45, 2.75) is 31.2 Å². The summed E-state index contributed by atoms with van der Waals surface area (Å²) in [5.41, 5.74) is 0. The molecule has 27 heavy (non-hydrogen) atoms. The van der Waals surface area contributed by atoms with Crippen molar-refractivity contribution in [1.29, 1.82) is 0 Å². The third-order valence-corrected chi connectivity index (χ3v) is 6.45. The van der Waals surface area contributed by atoms with Crippen LogP contribution in [0.1, 0.15) is 20.3 Å². The Balaban J connectivity index is 1.83. The summed E-state index contributed by atoms with van der Waals surface area (Å²) in [6, 6.07) is 4.17. The highest BCUT2D eigenvalue weighted by molar-refractivity contribution is 7.89. The molecule has 0 radical (unpaired) electrons. The number of hydrogen-bond acceptors (Lipinski definition) is 4. The lowest BCUT2D eigenvalue weighted by molar-refractivity contribution is -0.895. The highest BCUT2D eigenvalue weighted by atomic mass is 32.2. The second-order valence-electron chi connectivity index (χ2n) is 6.62. The van der Waals surface area contributed by atoms with Gasteiger partial charge in [-0.2, -0.15) is 4.31 Å². The van der Waals surface area contributed by atoms with Gasteiger partial charge in [0.2, 0.25) is 10.0 Å². The van der Waals surface area contributed by atoms with E-state index in [2.05, 4.69) is 10.6 Å². The van der Waals surface area contributed by atoms with Gasteiger partial charge >= 0.3 is 6.03 Å². The molecule has 0 spiro atoms. The molecular weight excluding hydrogens is 375 g/mol. The molecule has 1 aromatic rings. The lowest BCUT2D eigenvalue weighted by Crippen LogP contribution is -3.15. The maximum atomic E-state index is 13.0. The number of sulfonamides is 1. The smallest absolute Gasteiger partial charge is 0.321 e. The molecule has 1 aliphatic heterocycles. The Morgan fingerprint density at radius 1 is 1.22 bits per heavy atom. The fourth-order valence-electron chi connectivity index (χ4n) is 2.74. The molecule has 8 nitrogen and oxygen atoms in total. The van der Waals surface area contributed by atoms with Gasteiger partial charge < -0.3 is 10.2 Å². The van der Waals surface area contributed by atoms with Gasteiger partial charge in [-0.25, -0.2) is 17.6 Å². The molecule has 1 aromatic carbocycles. The van der Waals surface area contributed by atoms with Crippen LogP contribution in [0.4, 0.5) is 9.18 Å². The zero-order valence-electron chi connectivity index (χ0n) is 15.5. The summed E-state index contributed by atoms with van der Waals surface area (Å²) in [5.74, 6) is -0.896. The van der Waals surface area contributed by atoms with E-state index in [0.29, 0.717) is 13.1 Å². The van der Waals surface area contributed by atoms with Crippen molar-refractivity contribution in [3.05, 3.63) is 30.1 Å². The second-order valence-corrected chi connectivity index (χ2v) is 8.55. The van der Waals surface area contributed by atoms with Gasteiger partial charge in [0, 0.05) is 6.04 Å². The molecule has 3 amide bonds. The van der Waals surface area contributed by atoms with Gasteiger partial charge in [-0.05, 0) is 37.6 Å². The van der Waals surface area contributed by atoms with Crippen LogP contribution in [-0.4, -0.2) is 63.4 Å². The van der Waals surface area contributed by atoms with Crippen LogP contribution in [0.5, 0.6) is 0 Å². The van der Waals surface area contributed by atoms with E-state index in [0.717, 1.165) is 23.5 Å². The van der Waals surface area contributed by atoms with Crippen LogP contribution in [0.15, 0.2) is 29.2 Å². The topological polar surface area (TPSA) is 100 Å². The summed E-state index contributed by atoms with van der Waals surface area (Å²) in [4.78, 5) is 24.6. The maximum absolute atomic E-state index is 13.0. The predicted octanol–water partition coefficient (Wildman–Crippen LogP) is -0.661. The quantitative estimate of drug-likeness (QED) is 0.589. The van der Waals surface area contributed by atoms with Crippen LogP contribution in [0.2, 0.25) is 0 Å². The normalized spacial score (nSPS) is 17.3. The van der Waals surface area contributed by atoms with Crippen LogP contribution in [0, 0.1) is 5.82 Å². The monoisotopic (exact) mass is 401 g/mol. The minimum absolute atomic E-state index is 0.0228. The molecule has 150 valence electrons. The van der Waals surface area contributed by atoms with E-state index in [-0.39, 0.29) is 30.6 Å². The lowest BCUT2D eigenvalue weighted by atomic mass is 10.3. The molecule has 1 fully saturated rings. The minimum Gasteiger partial charge on any atom is -0.335 e. The van der Waals surface area contributed by atoms with E-state index < -0.39 is 27.8 Å². The standard InChI is InChI=1S/C17H25FN4O4S/c1-3-13(2)19-17(24)20-16(23)12-21-8-10-22(11-9-21)27(25,26)15-6-4-14(18)5-7-15/h4-7,13H,3,8-12H2,1-2H3,(H2,19,20,23,24)/p+1/t13-/m1/s1. The number of imide groups is 1. The van der Waals surface area contributed by atoms with Crippen LogP contribution < -0.4 is 15.5 Å². The number of nitrogens with zero attached hydrogens (tertiary/aromatic N) is 1. The summed E-state index contributed by atoms with van der Waals surface area (Å²) in [5, 5.41) is 4.94. The third-order valence-electron chi connectivity index (χ3n) is 4.53. The first-order chi connectivity index (χ1) is 12.7. The van der Waals surface area contributed by atoms with Crippen molar-refractivity contribution in [3.63, 3.8) is 0 Å². The fourth-order valence-corrected chi connectivity index (χ4v) is 4.18. The molecule has 1 heterocycles. The van der Waals surface area contributed by atoms with E-state index in [1.807, 2.05) is 13.8 Å². The highest BCUT2D eigenvalue weighted by Gasteiger charge is 2.31. The third kappa shape index (κ3) is 5.98. The van der Waals surface area contributed by atoms with E-state index in [9.17, 15) is 22.4 Å². The maximum Gasteiger partial charge on any atom is 0.321 e.